The lowest BCUT2D eigenvalue weighted by Crippen LogP contribution is -2.43. The summed E-state index contributed by atoms with van der Waals surface area (Å²) in [5.41, 5.74) is 1.64. The lowest BCUT2D eigenvalue weighted by molar-refractivity contribution is -0.156. The van der Waals surface area contributed by atoms with Crippen LogP contribution >= 0.6 is 0 Å². The Morgan fingerprint density at radius 2 is 0.952 bits per heavy atom. The third-order valence-electron chi connectivity index (χ3n) is 10.0. The van der Waals surface area contributed by atoms with Gasteiger partial charge >= 0.3 is 11.9 Å². The van der Waals surface area contributed by atoms with Gasteiger partial charge in [-0.3, -0.25) is 9.59 Å². The van der Waals surface area contributed by atoms with Gasteiger partial charge in [0.2, 0.25) is 0 Å². The SMILES string of the molecule is CN1[C@@H]2CC[C@H]1C[C@@H](OC(=O)C(CO)c1ccccc1)C2.CN1[C@@H]2CC[C@H]1C[C@@H](OC(=O)[C@H](CO)c1ccccc1)C2. The van der Waals surface area contributed by atoms with Gasteiger partial charge < -0.3 is 29.5 Å². The van der Waals surface area contributed by atoms with Gasteiger partial charge in [-0.25, -0.2) is 0 Å². The summed E-state index contributed by atoms with van der Waals surface area (Å²) in [5, 5.41) is 19.1. The number of ether oxygens (including phenoxy) is 2. The van der Waals surface area contributed by atoms with Crippen LogP contribution in [-0.2, 0) is 19.1 Å². The van der Waals surface area contributed by atoms with Crippen molar-refractivity contribution in [3.05, 3.63) is 71.8 Å². The van der Waals surface area contributed by atoms with Gasteiger partial charge in [0.25, 0.3) is 0 Å². The Morgan fingerprint density at radius 1 is 0.643 bits per heavy atom. The Bertz CT molecular complexity index is 1040. The fourth-order valence-electron chi connectivity index (χ4n) is 7.41. The average molecular weight is 579 g/mol. The molecule has 4 saturated heterocycles. The van der Waals surface area contributed by atoms with E-state index in [0.29, 0.717) is 24.2 Å². The van der Waals surface area contributed by atoms with Gasteiger partial charge in [0.05, 0.1) is 13.2 Å². The molecule has 4 fully saturated rings. The molecule has 4 aliphatic rings. The summed E-state index contributed by atoms with van der Waals surface area (Å²) in [6.07, 6.45) is 8.52. The van der Waals surface area contributed by atoms with E-state index in [-0.39, 0.29) is 37.4 Å². The molecular weight excluding hydrogens is 532 g/mol. The van der Waals surface area contributed by atoms with Crippen molar-refractivity contribution in [3.63, 3.8) is 0 Å². The summed E-state index contributed by atoms with van der Waals surface area (Å²) in [6, 6.07) is 20.9. The summed E-state index contributed by atoms with van der Waals surface area (Å²) in [4.78, 5) is 29.6. The van der Waals surface area contributed by atoms with Crippen LogP contribution in [0.15, 0.2) is 60.7 Å². The van der Waals surface area contributed by atoms with Crippen molar-refractivity contribution in [2.45, 2.75) is 99.6 Å². The fourth-order valence-corrected chi connectivity index (χ4v) is 7.41. The Morgan fingerprint density at radius 3 is 1.24 bits per heavy atom. The second-order valence-corrected chi connectivity index (χ2v) is 12.5. The molecule has 4 aliphatic heterocycles. The molecular formula is C34H46N2O6. The maximum Gasteiger partial charge on any atom is 0.316 e. The highest BCUT2D eigenvalue weighted by Crippen LogP contribution is 2.37. The maximum absolute atomic E-state index is 12.4. The van der Waals surface area contributed by atoms with E-state index in [1.807, 2.05) is 60.7 Å². The minimum Gasteiger partial charge on any atom is -0.462 e. The minimum absolute atomic E-state index is 0.00367. The summed E-state index contributed by atoms with van der Waals surface area (Å²) in [7, 11) is 4.34. The molecule has 8 nitrogen and oxygen atoms in total. The molecule has 0 spiro atoms. The predicted molar refractivity (Wildman–Crippen MR) is 160 cm³/mol. The number of aliphatic hydroxyl groups is 2. The molecule has 0 amide bonds. The molecule has 228 valence electrons. The zero-order valence-electron chi connectivity index (χ0n) is 24.9. The highest BCUT2D eigenvalue weighted by molar-refractivity contribution is 5.79. The largest absolute Gasteiger partial charge is 0.462 e. The van der Waals surface area contributed by atoms with Crippen molar-refractivity contribution in [2.24, 2.45) is 0 Å². The van der Waals surface area contributed by atoms with Crippen LogP contribution in [0.4, 0.5) is 0 Å². The third-order valence-corrected chi connectivity index (χ3v) is 10.0. The molecule has 0 aromatic heterocycles. The summed E-state index contributed by atoms with van der Waals surface area (Å²) < 4.78 is 11.4. The zero-order chi connectivity index (χ0) is 29.6. The molecule has 2 N–H and O–H groups in total. The van der Waals surface area contributed by atoms with Gasteiger partial charge in [0.15, 0.2) is 0 Å². The Hall–Kier alpha value is -2.78. The van der Waals surface area contributed by atoms with Crippen LogP contribution < -0.4 is 0 Å². The first-order chi connectivity index (χ1) is 20.4. The van der Waals surface area contributed by atoms with Crippen molar-refractivity contribution in [1.82, 2.24) is 9.80 Å². The van der Waals surface area contributed by atoms with E-state index in [1.54, 1.807) is 0 Å². The highest BCUT2D eigenvalue weighted by Gasteiger charge is 2.41. The number of piperidine rings is 2. The molecule has 0 radical (unpaired) electrons. The topological polar surface area (TPSA) is 99.5 Å². The van der Waals surface area contributed by atoms with Crippen LogP contribution in [0.1, 0.15) is 74.3 Å². The smallest absolute Gasteiger partial charge is 0.316 e. The van der Waals surface area contributed by atoms with Crippen molar-refractivity contribution in [2.75, 3.05) is 27.3 Å². The predicted octanol–water partition coefficient (Wildman–Crippen LogP) is 3.86. The number of nitrogens with zero attached hydrogens (tertiary/aromatic N) is 2. The van der Waals surface area contributed by atoms with E-state index in [0.717, 1.165) is 36.8 Å². The van der Waals surface area contributed by atoms with E-state index in [2.05, 4.69) is 23.9 Å². The molecule has 2 aromatic rings. The van der Waals surface area contributed by atoms with Crippen molar-refractivity contribution < 1.29 is 29.3 Å². The molecule has 4 bridgehead atoms. The van der Waals surface area contributed by atoms with Crippen LogP contribution in [0.5, 0.6) is 0 Å². The number of benzene rings is 2. The molecule has 4 heterocycles. The van der Waals surface area contributed by atoms with Gasteiger partial charge in [-0.2, -0.15) is 0 Å². The first-order valence-electron chi connectivity index (χ1n) is 15.5. The molecule has 42 heavy (non-hydrogen) atoms. The van der Waals surface area contributed by atoms with E-state index >= 15 is 0 Å². The molecule has 1 unspecified atom stereocenters. The Kier molecular flexibility index (Phi) is 10.3. The van der Waals surface area contributed by atoms with Crippen LogP contribution in [0.2, 0.25) is 0 Å². The van der Waals surface area contributed by atoms with Crippen molar-refractivity contribution in [3.8, 4) is 0 Å². The van der Waals surface area contributed by atoms with Gasteiger partial charge in [-0.05, 0) is 76.6 Å². The zero-order valence-corrected chi connectivity index (χ0v) is 24.9. The van der Waals surface area contributed by atoms with Gasteiger partial charge in [-0.15, -0.1) is 0 Å². The van der Waals surface area contributed by atoms with Gasteiger partial charge in [-0.1, -0.05) is 60.7 Å². The number of esters is 2. The van der Waals surface area contributed by atoms with E-state index in [4.69, 9.17) is 9.47 Å². The van der Waals surface area contributed by atoms with Crippen LogP contribution in [0.3, 0.4) is 0 Å². The molecule has 0 saturated carbocycles. The van der Waals surface area contributed by atoms with Crippen molar-refractivity contribution >= 4 is 11.9 Å². The van der Waals surface area contributed by atoms with Crippen LogP contribution in [-0.4, -0.2) is 95.6 Å². The summed E-state index contributed by atoms with van der Waals surface area (Å²) in [5.74, 6) is -1.72. The summed E-state index contributed by atoms with van der Waals surface area (Å²) >= 11 is 0. The van der Waals surface area contributed by atoms with Gasteiger partial charge in [0, 0.05) is 24.2 Å². The summed E-state index contributed by atoms with van der Waals surface area (Å²) in [6.45, 7) is -0.412. The third kappa shape index (κ3) is 7.05. The quantitative estimate of drug-likeness (QED) is 0.456. The number of rotatable bonds is 8. The molecule has 8 atom stereocenters. The first kappa shape index (κ1) is 30.7. The molecule has 8 heteroatoms. The lowest BCUT2D eigenvalue weighted by atomic mass is 9.98. The normalized spacial score (nSPS) is 30.1. The Labute approximate surface area is 249 Å². The lowest BCUT2D eigenvalue weighted by Gasteiger charge is -2.36. The first-order valence-corrected chi connectivity index (χ1v) is 15.5. The Balaban J connectivity index is 0.000000168. The number of aliphatic hydroxyl groups excluding tert-OH is 2. The molecule has 2 aromatic carbocycles. The number of fused-ring (bicyclic) bond motifs is 4. The maximum atomic E-state index is 12.4. The standard InChI is InChI=1S/2C17H23NO3/c2*1-18-13-7-8-14(18)10-15(9-13)21-17(20)16(11-19)12-5-3-2-4-6-12/h2*2-6,13-16,19H,7-11H2,1H3/t13-,14+,15+,16?;13-,14+,15+,16-/m.1/s1. The number of hydrogen-bond acceptors (Lipinski definition) is 8. The fraction of sp³-hybridized carbons (Fsp3) is 0.588. The second-order valence-electron chi connectivity index (χ2n) is 12.5. The molecule has 6 rings (SSSR count). The average Bonchev–Trinajstić information content (AvgIpc) is 3.32. The number of carbonyl (C=O) groups is 2. The van der Waals surface area contributed by atoms with Gasteiger partial charge in [0.1, 0.15) is 24.0 Å². The van der Waals surface area contributed by atoms with E-state index < -0.39 is 11.8 Å². The second kappa shape index (κ2) is 14.1. The minimum atomic E-state index is -0.566. The van der Waals surface area contributed by atoms with Crippen LogP contribution in [0, 0.1) is 0 Å². The van der Waals surface area contributed by atoms with Crippen molar-refractivity contribution in [1.29, 1.82) is 0 Å². The number of hydrogen-bond donors (Lipinski definition) is 2. The van der Waals surface area contributed by atoms with Crippen LogP contribution in [0.25, 0.3) is 0 Å². The van der Waals surface area contributed by atoms with E-state index in [9.17, 15) is 19.8 Å². The highest BCUT2D eigenvalue weighted by atomic mass is 16.5. The number of carbonyl (C=O) groups excluding carboxylic acids is 2. The molecule has 0 aliphatic carbocycles. The monoisotopic (exact) mass is 578 g/mol. The van der Waals surface area contributed by atoms with E-state index in [1.165, 1.54) is 25.7 Å².